The predicted octanol–water partition coefficient (Wildman–Crippen LogP) is 1.03. The van der Waals surface area contributed by atoms with Crippen LogP contribution in [0.25, 0.3) is 0 Å². The van der Waals surface area contributed by atoms with E-state index in [1.807, 2.05) is 22.6 Å². The van der Waals surface area contributed by atoms with E-state index in [0.29, 0.717) is 0 Å². The molecule has 0 saturated carbocycles. The number of esters is 1. The molecule has 0 rings (SSSR count). The fourth-order valence-corrected chi connectivity index (χ4v) is 0.600. The summed E-state index contributed by atoms with van der Waals surface area (Å²) in [7, 11) is 0. The maximum atomic E-state index is 10.9. The summed E-state index contributed by atoms with van der Waals surface area (Å²) in [5.41, 5.74) is -1.44. The van der Waals surface area contributed by atoms with Crippen LogP contribution in [-0.2, 0) is 14.3 Å². The summed E-state index contributed by atoms with van der Waals surface area (Å²) in [5, 5.41) is 8.54. The van der Waals surface area contributed by atoms with Crippen LogP contribution in [0.1, 0.15) is 13.8 Å². The van der Waals surface area contributed by atoms with Crippen molar-refractivity contribution in [3.8, 4) is 0 Å². The number of aliphatic carboxylic acids is 1. The minimum atomic E-state index is -1.44. The van der Waals surface area contributed by atoms with Crippen LogP contribution in [0.15, 0.2) is 0 Å². The van der Waals surface area contributed by atoms with Gasteiger partial charge in [0.05, 0.1) is 0 Å². The van der Waals surface area contributed by atoms with Crippen molar-refractivity contribution in [3.05, 3.63) is 0 Å². The van der Waals surface area contributed by atoms with Gasteiger partial charge >= 0.3 is 11.9 Å². The number of rotatable bonds is 3. The molecule has 0 radical (unpaired) electrons. The van der Waals surface area contributed by atoms with Gasteiger partial charge in [-0.05, 0) is 36.4 Å². The molecule has 5 heteroatoms. The zero-order chi connectivity index (χ0) is 9.07. The Morgan fingerprint density at radius 3 is 2.27 bits per heavy atom. The lowest BCUT2D eigenvalue weighted by molar-refractivity contribution is -0.164. The molecular formula is C6H9IO4. The Bertz CT molecular complexity index is 175. The largest absolute Gasteiger partial charge is 0.480 e. The Hall–Kier alpha value is -0.330. The molecule has 0 atom stereocenters. The van der Waals surface area contributed by atoms with Gasteiger partial charge in [-0.15, -0.1) is 0 Å². The summed E-state index contributed by atoms with van der Waals surface area (Å²) in [6, 6.07) is 0. The van der Waals surface area contributed by atoms with Gasteiger partial charge in [0.1, 0.15) is 4.61 Å². The Labute approximate surface area is 78.1 Å². The van der Waals surface area contributed by atoms with E-state index in [4.69, 9.17) is 5.11 Å². The van der Waals surface area contributed by atoms with Crippen LogP contribution in [-0.4, -0.2) is 21.7 Å². The van der Waals surface area contributed by atoms with Crippen molar-refractivity contribution in [2.24, 2.45) is 5.41 Å². The molecule has 0 bridgehead atoms. The van der Waals surface area contributed by atoms with Gasteiger partial charge in [0, 0.05) is 0 Å². The minimum Gasteiger partial charge on any atom is -0.480 e. The maximum absolute atomic E-state index is 10.9. The molecule has 64 valence electrons. The summed E-state index contributed by atoms with van der Waals surface area (Å²) in [6.07, 6.45) is 0. The molecule has 0 spiro atoms. The van der Waals surface area contributed by atoms with Crippen LogP contribution >= 0.6 is 22.6 Å². The monoisotopic (exact) mass is 272 g/mol. The lowest BCUT2D eigenvalue weighted by Gasteiger charge is -2.15. The van der Waals surface area contributed by atoms with Crippen molar-refractivity contribution in [2.75, 3.05) is 4.61 Å². The van der Waals surface area contributed by atoms with Crippen LogP contribution in [0.4, 0.5) is 0 Å². The maximum Gasteiger partial charge on any atom is 0.323 e. The molecule has 0 unspecified atom stereocenters. The topological polar surface area (TPSA) is 63.6 Å². The van der Waals surface area contributed by atoms with E-state index in [1.54, 1.807) is 0 Å². The van der Waals surface area contributed by atoms with E-state index >= 15 is 0 Å². The van der Waals surface area contributed by atoms with E-state index in [0.717, 1.165) is 0 Å². The third-order valence-corrected chi connectivity index (χ3v) is 1.54. The molecule has 0 aliphatic heterocycles. The summed E-state index contributed by atoms with van der Waals surface area (Å²) in [5.74, 6) is -1.88. The number of carbonyl (C=O) groups is 2. The lowest BCUT2D eigenvalue weighted by atomic mass is 9.94. The Morgan fingerprint density at radius 1 is 1.55 bits per heavy atom. The third kappa shape index (κ3) is 2.64. The highest BCUT2D eigenvalue weighted by atomic mass is 127. The molecule has 1 N–H and O–H groups in total. The first kappa shape index (κ1) is 10.7. The molecule has 4 nitrogen and oxygen atoms in total. The van der Waals surface area contributed by atoms with E-state index in [2.05, 4.69) is 4.74 Å². The average molecular weight is 272 g/mol. The van der Waals surface area contributed by atoms with E-state index < -0.39 is 17.4 Å². The second-order valence-corrected chi connectivity index (χ2v) is 3.09. The van der Waals surface area contributed by atoms with E-state index in [-0.39, 0.29) is 4.61 Å². The van der Waals surface area contributed by atoms with Crippen LogP contribution in [0, 0.1) is 5.41 Å². The molecular weight excluding hydrogens is 263 g/mol. The number of ether oxygens (including phenoxy) is 1. The summed E-state index contributed by atoms with van der Waals surface area (Å²) < 4.78 is 4.71. The zero-order valence-corrected chi connectivity index (χ0v) is 8.41. The van der Waals surface area contributed by atoms with Crippen molar-refractivity contribution in [1.29, 1.82) is 0 Å². The fourth-order valence-electron chi connectivity index (χ4n) is 0.317. The van der Waals surface area contributed by atoms with Gasteiger partial charge in [0.15, 0.2) is 5.41 Å². The molecule has 0 heterocycles. The highest BCUT2D eigenvalue weighted by Crippen LogP contribution is 2.17. The van der Waals surface area contributed by atoms with Crippen LogP contribution in [0.5, 0.6) is 0 Å². The van der Waals surface area contributed by atoms with Crippen molar-refractivity contribution >= 4 is 34.5 Å². The Morgan fingerprint density at radius 2 is 2.00 bits per heavy atom. The molecule has 0 aliphatic carbocycles. The van der Waals surface area contributed by atoms with Crippen LogP contribution < -0.4 is 0 Å². The standard InChI is InChI=1S/C6H9IO4/c1-6(2,4(8)9)5(10)11-3-7/h3H2,1-2H3,(H,8,9). The second kappa shape index (κ2) is 3.89. The number of carbonyl (C=O) groups excluding carboxylic acids is 1. The van der Waals surface area contributed by atoms with Crippen molar-refractivity contribution in [1.82, 2.24) is 0 Å². The molecule has 0 amide bonds. The normalized spacial score (nSPS) is 10.8. The smallest absolute Gasteiger partial charge is 0.323 e. The van der Waals surface area contributed by atoms with E-state index in [9.17, 15) is 9.59 Å². The molecule has 0 fully saturated rings. The van der Waals surface area contributed by atoms with Gasteiger partial charge in [-0.25, -0.2) is 0 Å². The highest BCUT2D eigenvalue weighted by Gasteiger charge is 2.37. The van der Waals surface area contributed by atoms with Gasteiger partial charge in [0.25, 0.3) is 0 Å². The number of halogens is 1. The van der Waals surface area contributed by atoms with Gasteiger partial charge < -0.3 is 9.84 Å². The van der Waals surface area contributed by atoms with Crippen molar-refractivity contribution in [2.45, 2.75) is 13.8 Å². The Balaban J connectivity index is 4.30. The zero-order valence-electron chi connectivity index (χ0n) is 6.26. The number of hydrogen-bond donors (Lipinski definition) is 1. The molecule has 0 aromatic heterocycles. The van der Waals surface area contributed by atoms with Crippen molar-refractivity contribution in [3.63, 3.8) is 0 Å². The molecule has 0 saturated heterocycles. The number of alkyl halides is 1. The Kier molecular flexibility index (Phi) is 3.77. The lowest BCUT2D eigenvalue weighted by Crippen LogP contribution is -2.34. The average Bonchev–Trinajstić information content (AvgIpc) is 1.88. The van der Waals surface area contributed by atoms with Gasteiger partial charge in [-0.3, -0.25) is 9.59 Å². The minimum absolute atomic E-state index is 0.174. The summed E-state index contributed by atoms with van der Waals surface area (Å²) >= 11 is 1.83. The molecule has 0 aliphatic rings. The molecule has 11 heavy (non-hydrogen) atoms. The number of carboxylic acids is 1. The number of carboxylic acid groups (broad SMARTS) is 1. The van der Waals surface area contributed by atoms with Gasteiger partial charge in [0.2, 0.25) is 0 Å². The predicted molar refractivity (Wildman–Crippen MR) is 46.4 cm³/mol. The second-order valence-electron chi connectivity index (χ2n) is 2.47. The quantitative estimate of drug-likeness (QED) is 0.361. The van der Waals surface area contributed by atoms with Crippen molar-refractivity contribution < 1.29 is 19.4 Å². The van der Waals surface area contributed by atoms with E-state index in [1.165, 1.54) is 13.8 Å². The fraction of sp³-hybridized carbons (Fsp3) is 0.667. The molecule has 0 aromatic carbocycles. The summed E-state index contributed by atoms with van der Waals surface area (Å²) in [4.78, 5) is 21.3. The third-order valence-electron chi connectivity index (χ3n) is 1.23. The highest BCUT2D eigenvalue weighted by molar-refractivity contribution is 14.1. The first-order valence-electron chi connectivity index (χ1n) is 2.89. The van der Waals surface area contributed by atoms with Gasteiger partial charge in [-0.2, -0.15) is 0 Å². The SMILES string of the molecule is CC(C)(C(=O)O)C(=O)OCI. The number of hydrogen-bond acceptors (Lipinski definition) is 3. The van der Waals surface area contributed by atoms with Crippen LogP contribution in [0.2, 0.25) is 0 Å². The summed E-state index contributed by atoms with van der Waals surface area (Å²) in [6.45, 7) is 2.62. The molecule has 0 aromatic rings. The van der Waals surface area contributed by atoms with Gasteiger partial charge in [-0.1, -0.05) is 0 Å². The van der Waals surface area contributed by atoms with Crippen LogP contribution in [0.3, 0.4) is 0 Å². The first-order valence-corrected chi connectivity index (χ1v) is 4.42. The first-order chi connectivity index (χ1) is 4.92.